The summed E-state index contributed by atoms with van der Waals surface area (Å²) in [5, 5.41) is 9.94. The van der Waals surface area contributed by atoms with E-state index in [1.165, 1.54) is 6.33 Å². The van der Waals surface area contributed by atoms with Gasteiger partial charge >= 0.3 is 0 Å². The molecule has 0 atom stereocenters. The Kier molecular flexibility index (Phi) is 4.60. The number of aromatic amines is 1. The number of nitrogen functional groups attached to an aromatic ring is 1. The smallest absolute Gasteiger partial charge is 0.144 e. The molecule has 0 radical (unpaired) electrons. The Labute approximate surface area is 112 Å². The van der Waals surface area contributed by atoms with Crippen molar-refractivity contribution in [1.29, 1.82) is 0 Å². The molecule has 0 aliphatic carbocycles. The van der Waals surface area contributed by atoms with E-state index in [1.54, 1.807) is 0 Å². The minimum Gasteiger partial charge on any atom is -0.491 e. The summed E-state index contributed by atoms with van der Waals surface area (Å²) < 4.78 is 5.59. The number of H-pyrrole nitrogens is 1. The van der Waals surface area contributed by atoms with Crippen molar-refractivity contribution in [2.24, 2.45) is 0 Å². The fourth-order valence-electron chi connectivity index (χ4n) is 1.66. The van der Waals surface area contributed by atoms with Gasteiger partial charge in [-0.3, -0.25) is 5.10 Å². The third-order valence-corrected chi connectivity index (χ3v) is 2.63. The number of nitrogens with one attached hydrogen (secondary N) is 2. The van der Waals surface area contributed by atoms with Gasteiger partial charge in [-0.15, -0.1) is 0 Å². The van der Waals surface area contributed by atoms with Crippen LogP contribution in [0, 0.1) is 0 Å². The zero-order chi connectivity index (χ0) is 13.5. The van der Waals surface area contributed by atoms with E-state index >= 15 is 0 Å². The van der Waals surface area contributed by atoms with Crippen molar-refractivity contribution in [3.63, 3.8) is 0 Å². The number of nitrogens with zero attached hydrogens (tertiary/aromatic N) is 2. The van der Waals surface area contributed by atoms with Gasteiger partial charge in [-0.2, -0.15) is 5.10 Å². The predicted octanol–water partition coefficient (Wildman–Crippen LogP) is 1.83. The van der Waals surface area contributed by atoms with Gasteiger partial charge in [-0.25, -0.2) is 4.98 Å². The minimum absolute atomic E-state index is 0.661. The summed E-state index contributed by atoms with van der Waals surface area (Å²) >= 11 is 0. The van der Waals surface area contributed by atoms with Crippen LogP contribution >= 0.6 is 0 Å². The van der Waals surface area contributed by atoms with Crippen LogP contribution in [0.3, 0.4) is 0 Å². The quantitative estimate of drug-likeness (QED) is 0.662. The zero-order valence-corrected chi connectivity index (χ0v) is 11.0. The average molecular weight is 261 g/mol. The van der Waals surface area contributed by atoms with Gasteiger partial charge in [0.05, 0.1) is 12.3 Å². The van der Waals surface area contributed by atoms with E-state index < -0.39 is 0 Å². The number of hydrogen-bond donors (Lipinski definition) is 3. The highest BCUT2D eigenvalue weighted by Gasteiger charge is 2.02. The van der Waals surface area contributed by atoms with E-state index in [0.717, 1.165) is 36.6 Å². The van der Waals surface area contributed by atoms with E-state index in [9.17, 15) is 0 Å². The molecule has 102 valence electrons. The molecule has 0 spiro atoms. The summed E-state index contributed by atoms with van der Waals surface area (Å²) in [6.07, 6.45) is 3.26. The number of nitrogens with two attached hydrogens (primary N) is 1. The van der Waals surface area contributed by atoms with Gasteiger partial charge in [0.2, 0.25) is 0 Å². The molecule has 0 unspecified atom stereocenters. The Balaban J connectivity index is 1.89. The monoisotopic (exact) mass is 261 g/mol. The number of anilines is 2. The maximum absolute atomic E-state index is 5.86. The van der Waals surface area contributed by atoms with E-state index in [-0.39, 0.29) is 0 Å². The lowest BCUT2D eigenvalue weighted by Crippen LogP contribution is -2.07. The third kappa shape index (κ3) is 3.87. The van der Waals surface area contributed by atoms with Gasteiger partial charge in [0.1, 0.15) is 17.9 Å². The largest absolute Gasteiger partial charge is 0.491 e. The highest BCUT2D eigenvalue weighted by atomic mass is 16.5. The summed E-state index contributed by atoms with van der Waals surface area (Å²) in [4.78, 5) is 4.07. The molecule has 1 aromatic carbocycles. The summed E-state index contributed by atoms with van der Waals surface area (Å²) in [5.41, 5.74) is 7.51. The number of ether oxygens (including phenoxy) is 1. The van der Waals surface area contributed by atoms with E-state index in [0.29, 0.717) is 12.3 Å². The number of hydrogen-bond acceptors (Lipinski definition) is 5. The van der Waals surface area contributed by atoms with Crippen LogP contribution in [0.4, 0.5) is 11.4 Å². The fourth-order valence-corrected chi connectivity index (χ4v) is 1.66. The Hall–Kier alpha value is -2.24. The summed E-state index contributed by atoms with van der Waals surface area (Å²) in [7, 11) is 0. The van der Waals surface area contributed by atoms with Crippen LogP contribution in [0.25, 0.3) is 0 Å². The van der Waals surface area contributed by atoms with Crippen LogP contribution in [-0.4, -0.2) is 28.3 Å². The molecular formula is C13H19N5O. The molecule has 0 aliphatic rings. The summed E-state index contributed by atoms with van der Waals surface area (Å²) in [6.45, 7) is 3.51. The van der Waals surface area contributed by atoms with Crippen molar-refractivity contribution < 1.29 is 4.74 Å². The number of aromatic nitrogens is 3. The molecule has 0 saturated carbocycles. The van der Waals surface area contributed by atoms with Gasteiger partial charge in [0.15, 0.2) is 0 Å². The van der Waals surface area contributed by atoms with E-state index in [2.05, 4.69) is 27.4 Å². The van der Waals surface area contributed by atoms with Crippen LogP contribution in [0.1, 0.15) is 19.2 Å². The SMILES string of the molecule is CCCOc1cc(NCCc2ncn[nH]2)ccc1N. The molecule has 1 aromatic heterocycles. The molecule has 6 nitrogen and oxygen atoms in total. The first-order valence-corrected chi connectivity index (χ1v) is 6.40. The average Bonchev–Trinajstić information content (AvgIpc) is 2.92. The van der Waals surface area contributed by atoms with Crippen molar-refractivity contribution >= 4 is 11.4 Å². The number of rotatable bonds is 7. The normalized spacial score (nSPS) is 10.4. The molecular weight excluding hydrogens is 242 g/mol. The minimum atomic E-state index is 0.661. The molecule has 0 fully saturated rings. The molecule has 2 rings (SSSR count). The highest BCUT2D eigenvalue weighted by Crippen LogP contribution is 2.25. The first-order valence-electron chi connectivity index (χ1n) is 6.40. The van der Waals surface area contributed by atoms with E-state index in [4.69, 9.17) is 10.5 Å². The first-order chi connectivity index (χ1) is 9.29. The highest BCUT2D eigenvalue weighted by molar-refractivity contribution is 5.61. The Morgan fingerprint density at radius 1 is 1.42 bits per heavy atom. The van der Waals surface area contributed by atoms with E-state index in [1.807, 2.05) is 18.2 Å². The predicted molar refractivity (Wildman–Crippen MR) is 75.2 cm³/mol. The molecule has 6 heteroatoms. The first kappa shape index (κ1) is 13.2. The standard InChI is InChI=1S/C13H19N5O/c1-2-7-19-12-8-10(3-4-11(12)14)15-6-5-13-16-9-17-18-13/h3-4,8-9,15H,2,5-7,14H2,1H3,(H,16,17,18). The molecule has 0 amide bonds. The Morgan fingerprint density at radius 3 is 3.05 bits per heavy atom. The van der Waals surface area contributed by atoms with Crippen molar-refractivity contribution in [1.82, 2.24) is 15.2 Å². The van der Waals surface area contributed by atoms with Crippen molar-refractivity contribution in [3.8, 4) is 5.75 Å². The van der Waals surface area contributed by atoms with Crippen LogP contribution in [0.2, 0.25) is 0 Å². The van der Waals surface area contributed by atoms with Gasteiger partial charge < -0.3 is 15.8 Å². The van der Waals surface area contributed by atoms with Crippen LogP contribution < -0.4 is 15.8 Å². The van der Waals surface area contributed by atoms with Crippen LogP contribution in [-0.2, 0) is 6.42 Å². The van der Waals surface area contributed by atoms with Crippen molar-refractivity contribution in [2.75, 3.05) is 24.2 Å². The molecule has 4 N–H and O–H groups in total. The summed E-state index contributed by atoms with van der Waals surface area (Å²) in [6, 6.07) is 5.71. The Morgan fingerprint density at radius 2 is 2.32 bits per heavy atom. The van der Waals surface area contributed by atoms with Gasteiger partial charge in [-0.1, -0.05) is 6.92 Å². The topological polar surface area (TPSA) is 88.8 Å². The summed E-state index contributed by atoms with van der Waals surface area (Å²) in [5.74, 6) is 1.59. The zero-order valence-electron chi connectivity index (χ0n) is 11.0. The number of benzene rings is 1. The second-order valence-corrected chi connectivity index (χ2v) is 4.21. The van der Waals surface area contributed by atoms with Gasteiger partial charge in [0, 0.05) is 24.7 Å². The lowest BCUT2D eigenvalue weighted by Gasteiger charge is -2.11. The molecule has 0 bridgehead atoms. The Bertz CT molecular complexity index is 498. The second-order valence-electron chi connectivity index (χ2n) is 4.21. The maximum Gasteiger partial charge on any atom is 0.144 e. The molecule has 2 aromatic rings. The lowest BCUT2D eigenvalue weighted by atomic mass is 10.2. The molecule has 19 heavy (non-hydrogen) atoms. The van der Waals surface area contributed by atoms with Crippen molar-refractivity contribution in [3.05, 3.63) is 30.4 Å². The maximum atomic E-state index is 5.86. The fraction of sp³-hybridized carbons (Fsp3) is 0.385. The molecule has 1 heterocycles. The van der Waals surface area contributed by atoms with Crippen molar-refractivity contribution in [2.45, 2.75) is 19.8 Å². The van der Waals surface area contributed by atoms with Gasteiger partial charge in [-0.05, 0) is 18.6 Å². The molecule has 0 saturated heterocycles. The van der Waals surface area contributed by atoms with Crippen LogP contribution in [0.15, 0.2) is 24.5 Å². The van der Waals surface area contributed by atoms with Gasteiger partial charge in [0.25, 0.3) is 0 Å². The third-order valence-electron chi connectivity index (χ3n) is 2.63. The second kappa shape index (κ2) is 6.63. The van der Waals surface area contributed by atoms with Crippen LogP contribution in [0.5, 0.6) is 5.75 Å². The molecule has 0 aliphatic heterocycles. The lowest BCUT2D eigenvalue weighted by molar-refractivity contribution is 0.319.